The van der Waals surface area contributed by atoms with Crippen molar-refractivity contribution in [3.8, 4) is 11.3 Å². The molecule has 0 spiro atoms. The topological polar surface area (TPSA) is 133 Å². The van der Waals surface area contributed by atoms with Crippen LogP contribution in [-0.2, 0) is 14.8 Å². The van der Waals surface area contributed by atoms with Crippen LogP contribution in [0, 0.1) is 9.39 Å². The Bertz CT molecular complexity index is 1240. The molecule has 0 saturated carbocycles. The lowest BCUT2D eigenvalue weighted by molar-refractivity contribution is 0.0640. The predicted molar refractivity (Wildman–Crippen MR) is 110 cm³/mol. The summed E-state index contributed by atoms with van der Waals surface area (Å²) in [6.07, 6.45) is -0.304. The van der Waals surface area contributed by atoms with Crippen LogP contribution in [-0.4, -0.2) is 38.8 Å². The zero-order valence-electron chi connectivity index (χ0n) is 15.0. The second-order valence-electron chi connectivity index (χ2n) is 5.90. The molecule has 0 fully saturated rings. The Balaban J connectivity index is 2.30. The fourth-order valence-corrected chi connectivity index (χ4v) is 3.93. The zero-order chi connectivity index (χ0) is 21.5. The van der Waals surface area contributed by atoms with Crippen LogP contribution in [0.25, 0.3) is 22.4 Å². The number of furan rings is 1. The first-order chi connectivity index (χ1) is 13.5. The van der Waals surface area contributed by atoms with Crippen LogP contribution in [0.4, 0.5) is 15.0 Å². The summed E-state index contributed by atoms with van der Waals surface area (Å²) in [5, 5.41) is 0.172. The van der Waals surface area contributed by atoms with Crippen molar-refractivity contribution in [2.24, 2.45) is 5.73 Å². The van der Waals surface area contributed by atoms with E-state index < -0.39 is 27.9 Å². The van der Waals surface area contributed by atoms with E-state index in [2.05, 4.69) is 9.72 Å². The Morgan fingerprint density at radius 3 is 2.45 bits per heavy atom. The first-order valence-corrected chi connectivity index (χ1v) is 10.8. The minimum absolute atomic E-state index is 0.0336. The summed E-state index contributed by atoms with van der Waals surface area (Å²) in [6, 6.07) is 6.51. The molecule has 2 heterocycles. The highest BCUT2D eigenvalue weighted by molar-refractivity contribution is 14.1. The number of carbonyl (C=O) groups is 2. The van der Waals surface area contributed by atoms with Crippen molar-refractivity contribution in [2.45, 2.75) is 0 Å². The molecule has 0 aliphatic heterocycles. The third kappa shape index (κ3) is 4.17. The minimum Gasteiger partial charge on any atom is -0.437 e. The average molecular weight is 533 g/mol. The standard InChI is InChI=1S/C17H13FIN3O6S/c1-22(29(2,25)26)14-11(19)7-10-12(16(23)28-17(20)24)13(27-15(10)21-14)8-3-5-9(18)6-4-8/h3-7H,1-2H3,(H2,20,24). The van der Waals surface area contributed by atoms with Crippen LogP contribution >= 0.6 is 22.6 Å². The van der Waals surface area contributed by atoms with Gasteiger partial charge in [-0.3, -0.25) is 4.31 Å². The summed E-state index contributed by atoms with van der Waals surface area (Å²) in [4.78, 5) is 27.8. The quantitative estimate of drug-likeness (QED) is 0.310. The fourth-order valence-electron chi connectivity index (χ4n) is 2.52. The van der Waals surface area contributed by atoms with Crippen molar-refractivity contribution in [1.29, 1.82) is 0 Å². The molecule has 0 atom stereocenters. The maximum absolute atomic E-state index is 13.3. The average Bonchev–Trinajstić information content (AvgIpc) is 2.98. The number of nitrogens with two attached hydrogens (primary N) is 1. The van der Waals surface area contributed by atoms with Crippen molar-refractivity contribution in [3.05, 3.63) is 45.3 Å². The van der Waals surface area contributed by atoms with Gasteiger partial charge in [-0.05, 0) is 52.9 Å². The van der Waals surface area contributed by atoms with Crippen LogP contribution in [0.5, 0.6) is 0 Å². The zero-order valence-corrected chi connectivity index (χ0v) is 17.9. The van der Waals surface area contributed by atoms with Crippen molar-refractivity contribution >= 4 is 61.6 Å². The van der Waals surface area contributed by atoms with E-state index in [1.807, 2.05) is 22.6 Å². The highest BCUT2D eigenvalue weighted by atomic mass is 127. The van der Waals surface area contributed by atoms with Crippen LogP contribution in [0.2, 0.25) is 0 Å². The molecule has 2 N–H and O–H groups in total. The van der Waals surface area contributed by atoms with Gasteiger partial charge >= 0.3 is 12.1 Å². The van der Waals surface area contributed by atoms with Gasteiger partial charge in [-0.2, -0.15) is 4.98 Å². The van der Waals surface area contributed by atoms with Crippen LogP contribution in [0.1, 0.15) is 10.4 Å². The van der Waals surface area contributed by atoms with Crippen LogP contribution in [0.3, 0.4) is 0 Å². The largest absolute Gasteiger partial charge is 0.437 e. The van der Waals surface area contributed by atoms with Gasteiger partial charge in [-0.1, -0.05) is 0 Å². The third-order valence-corrected chi connectivity index (χ3v) is 5.88. The number of benzene rings is 1. The molecule has 9 nitrogen and oxygen atoms in total. The number of hydrogen-bond donors (Lipinski definition) is 1. The lowest BCUT2D eigenvalue weighted by Gasteiger charge is -2.16. The maximum Gasteiger partial charge on any atom is 0.412 e. The van der Waals surface area contributed by atoms with E-state index in [1.54, 1.807) is 0 Å². The lowest BCUT2D eigenvalue weighted by Crippen LogP contribution is -2.26. The Hall–Kier alpha value is -2.74. The number of primary amides is 1. The molecule has 0 bridgehead atoms. The number of halogens is 2. The number of pyridine rings is 1. The maximum atomic E-state index is 13.3. The highest BCUT2D eigenvalue weighted by Gasteiger charge is 2.28. The van der Waals surface area contributed by atoms with Gasteiger partial charge in [-0.25, -0.2) is 22.4 Å². The molecule has 152 valence electrons. The number of amides is 1. The molecule has 29 heavy (non-hydrogen) atoms. The van der Waals surface area contributed by atoms with Crippen LogP contribution in [0.15, 0.2) is 34.7 Å². The number of esters is 1. The van der Waals surface area contributed by atoms with Gasteiger partial charge in [0.2, 0.25) is 15.7 Å². The molecule has 0 radical (unpaired) electrons. The summed E-state index contributed by atoms with van der Waals surface area (Å²) in [5.74, 6) is -1.54. The molecule has 0 unspecified atom stereocenters. The van der Waals surface area contributed by atoms with E-state index in [0.717, 1.165) is 22.7 Å². The normalized spacial score (nSPS) is 11.4. The molecule has 1 amide bonds. The Labute approximate surface area is 177 Å². The molecule has 1 aromatic carbocycles. The molecule has 12 heteroatoms. The van der Waals surface area contributed by atoms with E-state index >= 15 is 0 Å². The van der Waals surface area contributed by atoms with Gasteiger partial charge in [0.15, 0.2) is 11.6 Å². The summed E-state index contributed by atoms with van der Waals surface area (Å²) >= 11 is 1.85. The van der Waals surface area contributed by atoms with Gasteiger partial charge in [-0.15, -0.1) is 0 Å². The third-order valence-electron chi connectivity index (χ3n) is 3.92. The summed E-state index contributed by atoms with van der Waals surface area (Å²) in [6.45, 7) is 0. The minimum atomic E-state index is -3.61. The number of fused-ring (bicyclic) bond motifs is 1. The van der Waals surface area contributed by atoms with Crippen LogP contribution < -0.4 is 10.0 Å². The van der Waals surface area contributed by atoms with Gasteiger partial charge in [0.1, 0.15) is 11.4 Å². The molecule has 2 aromatic heterocycles. The molecule has 0 saturated heterocycles. The van der Waals surface area contributed by atoms with Gasteiger partial charge < -0.3 is 14.9 Å². The number of sulfonamides is 1. The number of rotatable bonds is 4. The highest BCUT2D eigenvalue weighted by Crippen LogP contribution is 2.36. The number of anilines is 1. The van der Waals surface area contributed by atoms with Crippen molar-refractivity contribution < 1.29 is 31.6 Å². The second kappa shape index (κ2) is 7.59. The van der Waals surface area contributed by atoms with Crippen molar-refractivity contribution in [2.75, 3.05) is 17.6 Å². The van der Waals surface area contributed by atoms with Crippen molar-refractivity contribution in [3.63, 3.8) is 0 Å². The molecular weight excluding hydrogens is 520 g/mol. The van der Waals surface area contributed by atoms with Gasteiger partial charge in [0.05, 0.1) is 15.2 Å². The number of nitrogens with zero attached hydrogens (tertiary/aromatic N) is 2. The monoisotopic (exact) mass is 533 g/mol. The number of ether oxygens (including phenoxy) is 1. The molecule has 3 aromatic rings. The van der Waals surface area contributed by atoms with E-state index in [-0.39, 0.29) is 28.2 Å². The first-order valence-electron chi connectivity index (χ1n) is 7.83. The first kappa shape index (κ1) is 21.0. The van der Waals surface area contributed by atoms with Crippen molar-refractivity contribution in [1.82, 2.24) is 4.98 Å². The summed E-state index contributed by atoms with van der Waals surface area (Å²) in [7, 11) is -2.29. The van der Waals surface area contributed by atoms with Gasteiger partial charge in [0, 0.05) is 12.6 Å². The Kier molecular flexibility index (Phi) is 5.49. The van der Waals surface area contributed by atoms with Gasteiger partial charge in [0.25, 0.3) is 0 Å². The Morgan fingerprint density at radius 2 is 1.90 bits per heavy atom. The smallest absolute Gasteiger partial charge is 0.412 e. The Morgan fingerprint density at radius 1 is 1.28 bits per heavy atom. The summed E-state index contributed by atoms with van der Waals surface area (Å²) < 4.78 is 48.5. The number of aromatic nitrogens is 1. The SMILES string of the molecule is CN(c1nc2oc(-c3ccc(F)cc3)c(C(=O)OC(N)=O)c2cc1I)S(C)(=O)=O. The number of carbonyl (C=O) groups excluding carboxylic acids is 2. The molecule has 0 aliphatic rings. The molecule has 3 rings (SSSR count). The van der Waals surface area contributed by atoms with E-state index in [0.29, 0.717) is 9.13 Å². The lowest BCUT2D eigenvalue weighted by atomic mass is 10.1. The second-order valence-corrected chi connectivity index (χ2v) is 9.07. The van der Waals surface area contributed by atoms with E-state index in [4.69, 9.17) is 10.2 Å². The predicted octanol–water partition coefficient (Wildman–Crippen LogP) is 2.87. The van der Waals surface area contributed by atoms with E-state index in [9.17, 15) is 22.4 Å². The molecular formula is C17H13FIN3O6S. The molecule has 0 aliphatic carbocycles. The summed E-state index contributed by atoms with van der Waals surface area (Å²) in [5.41, 5.74) is 5.03. The number of hydrogen-bond acceptors (Lipinski definition) is 7. The van der Waals surface area contributed by atoms with E-state index in [1.165, 1.54) is 25.2 Å². The fraction of sp³-hybridized carbons (Fsp3) is 0.118.